The monoisotopic (exact) mass is 314 g/mol. The molecule has 0 saturated heterocycles. The lowest BCUT2D eigenvalue weighted by Gasteiger charge is -2.07. The quantitative estimate of drug-likeness (QED) is 0.909. The van der Waals surface area contributed by atoms with Gasteiger partial charge in [-0.05, 0) is 39.7 Å². The highest BCUT2D eigenvalue weighted by molar-refractivity contribution is 9.10. The van der Waals surface area contributed by atoms with Gasteiger partial charge in [0.2, 0.25) is 10.0 Å². The molecule has 17 heavy (non-hydrogen) atoms. The number of hydrogen-bond acceptors (Lipinski definition) is 2. The highest BCUT2D eigenvalue weighted by Gasteiger charge is 2.16. The summed E-state index contributed by atoms with van der Waals surface area (Å²) >= 11 is 3.23. The molecule has 0 fully saturated rings. The fourth-order valence-electron chi connectivity index (χ4n) is 1.39. The molecule has 90 valence electrons. The van der Waals surface area contributed by atoms with Gasteiger partial charge >= 0.3 is 0 Å². The summed E-state index contributed by atoms with van der Waals surface area (Å²) in [6, 6.07) is 8.54. The van der Waals surface area contributed by atoms with E-state index in [2.05, 4.69) is 25.6 Å². The molecule has 0 aliphatic carbocycles. The number of rotatable bonds is 4. The van der Waals surface area contributed by atoms with Crippen molar-refractivity contribution in [3.05, 3.63) is 52.8 Å². The van der Waals surface area contributed by atoms with Gasteiger partial charge in [-0.25, -0.2) is 13.1 Å². The molecule has 0 aliphatic heterocycles. The number of benzene rings is 1. The summed E-state index contributed by atoms with van der Waals surface area (Å²) < 4.78 is 27.1. The van der Waals surface area contributed by atoms with Crippen LogP contribution in [0.25, 0.3) is 0 Å². The molecule has 1 heterocycles. The molecule has 0 aliphatic rings. The second-order valence-corrected chi connectivity index (χ2v) is 6.06. The lowest BCUT2D eigenvalue weighted by atomic mass is 10.4. The zero-order valence-electron chi connectivity index (χ0n) is 8.85. The Balaban J connectivity index is 2.17. The lowest BCUT2D eigenvalue weighted by molar-refractivity contribution is 0.581. The van der Waals surface area contributed by atoms with E-state index in [1.165, 1.54) is 0 Å². The molecule has 0 saturated carbocycles. The fourth-order valence-corrected chi connectivity index (χ4v) is 3.41. The number of halogens is 1. The highest BCUT2D eigenvalue weighted by atomic mass is 79.9. The SMILES string of the molecule is O=S(=O)(NCc1cc[nH]c1)c1ccccc1Br. The molecule has 0 amide bonds. The van der Waals surface area contributed by atoms with Crippen LogP contribution in [-0.4, -0.2) is 13.4 Å². The van der Waals surface area contributed by atoms with Gasteiger partial charge in [-0.2, -0.15) is 0 Å². The van der Waals surface area contributed by atoms with Crippen molar-refractivity contribution in [1.29, 1.82) is 0 Å². The lowest BCUT2D eigenvalue weighted by Crippen LogP contribution is -2.23. The van der Waals surface area contributed by atoms with E-state index in [9.17, 15) is 8.42 Å². The van der Waals surface area contributed by atoms with E-state index in [-0.39, 0.29) is 11.4 Å². The topological polar surface area (TPSA) is 62.0 Å². The average Bonchev–Trinajstić information content (AvgIpc) is 2.80. The van der Waals surface area contributed by atoms with E-state index in [0.717, 1.165) is 5.56 Å². The molecule has 1 aromatic carbocycles. The second kappa shape index (κ2) is 5.03. The van der Waals surface area contributed by atoms with Crippen molar-refractivity contribution in [2.45, 2.75) is 11.4 Å². The van der Waals surface area contributed by atoms with E-state index < -0.39 is 10.0 Å². The van der Waals surface area contributed by atoms with Crippen LogP contribution in [0, 0.1) is 0 Å². The Morgan fingerprint density at radius 1 is 1.24 bits per heavy atom. The van der Waals surface area contributed by atoms with E-state index in [4.69, 9.17) is 0 Å². The number of aromatic nitrogens is 1. The Kier molecular flexibility index (Phi) is 3.66. The maximum Gasteiger partial charge on any atom is 0.241 e. The van der Waals surface area contributed by atoms with Gasteiger partial charge in [-0.1, -0.05) is 12.1 Å². The van der Waals surface area contributed by atoms with Gasteiger partial charge in [-0.3, -0.25) is 0 Å². The largest absolute Gasteiger partial charge is 0.367 e. The minimum absolute atomic E-state index is 0.246. The van der Waals surface area contributed by atoms with Crippen molar-refractivity contribution in [2.75, 3.05) is 0 Å². The summed E-state index contributed by atoms with van der Waals surface area (Å²) in [6.45, 7) is 0.271. The standard InChI is InChI=1S/C11H11BrN2O2S/c12-10-3-1-2-4-11(10)17(15,16)14-8-9-5-6-13-7-9/h1-7,13-14H,8H2. The first-order valence-electron chi connectivity index (χ1n) is 4.95. The molecule has 2 N–H and O–H groups in total. The van der Waals surface area contributed by atoms with E-state index >= 15 is 0 Å². The van der Waals surface area contributed by atoms with Crippen LogP contribution < -0.4 is 4.72 Å². The summed E-state index contributed by atoms with van der Waals surface area (Å²) in [6.07, 6.45) is 3.50. The minimum Gasteiger partial charge on any atom is -0.367 e. The van der Waals surface area contributed by atoms with Crippen LogP contribution in [-0.2, 0) is 16.6 Å². The molecule has 0 spiro atoms. The number of aromatic amines is 1. The fraction of sp³-hybridized carbons (Fsp3) is 0.0909. The Morgan fingerprint density at radius 3 is 2.65 bits per heavy atom. The first-order chi connectivity index (χ1) is 8.09. The summed E-state index contributed by atoms with van der Waals surface area (Å²) in [5.41, 5.74) is 0.889. The van der Waals surface area contributed by atoms with Crippen LogP contribution in [0.1, 0.15) is 5.56 Å². The smallest absolute Gasteiger partial charge is 0.241 e. The predicted octanol–water partition coefficient (Wildman–Crippen LogP) is 2.26. The Hall–Kier alpha value is -1.11. The Bertz CT molecular complexity index is 594. The first kappa shape index (κ1) is 12.3. The van der Waals surface area contributed by atoms with Crippen LogP contribution >= 0.6 is 15.9 Å². The van der Waals surface area contributed by atoms with Crippen LogP contribution in [0.3, 0.4) is 0 Å². The molecular weight excluding hydrogens is 304 g/mol. The van der Waals surface area contributed by atoms with Crippen molar-refractivity contribution >= 4 is 26.0 Å². The summed E-state index contributed by atoms with van der Waals surface area (Å²) in [7, 11) is -3.48. The maximum atomic E-state index is 12.0. The molecule has 0 unspecified atom stereocenters. The summed E-state index contributed by atoms with van der Waals surface area (Å²) in [5, 5.41) is 0. The number of hydrogen-bond donors (Lipinski definition) is 2. The van der Waals surface area contributed by atoms with E-state index in [1.807, 2.05) is 6.07 Å². The average molecular weight is 315 g/mol. The molecular formula is C11H11BrN2O2S. The zero-order chi connectivity index (χ0) is 12.3. The highest BCUT2D eigenvalue weighted by Crippen LogP contribution is 2.20. The van der Waals surface area contributed by atoms with Crippen molar-refractivity contribution in [3.63, 3.8) is 0 Å². The van der Waals surface area contributed by atoms with Gasteiger partial charge in [0, 0.05) is 23.4 Å². The van der Waals surface area contributed by atoms with Crippen molar-refractivity contribution < 1.29 is 8.42 Å². The second-order valence-electron chi connectivity index (χ2n) is 3.47. The normalized spacial score (nSPS) is 11.6. The molecule has 6 heteroatoms. The third kappa shape index (κ3) is 2.96. The Morgan fingerprint density at radius 2 is 2.00 bits per heavy atom. The minimum atomic E-state index is -3.48. The molecule has 4 nitrogen and oxygen atoms in total. The first-order valence-corrected chi connectivity index (χ1v) is 7.23. The van der Waals surface area contributed by atoms with Gasteiger partial charge in [0.15, 0.2) is 0 Å². The predicted molar refractivity (Wildman–Crippen MR) is 69.0 cm³/mol. The zero-order valence-corrected chi connectivity index (χ0v) is 11.3. The van der Waals surface area contributed by atoms with Gasteiger partial charge in [-0.15, -0.1) is 0 Å². The number of sulfonamides is 1. The van der Waals surface area contributed by atoms with Crippen molar-refractivity contribution in [3.8, 4) is 0 Å². The van der Waals surface area contributed by atoms with Crippen LogP contribution in [0.15, 0.2) is 52.1 Å². The summed E-state index contributed by atoms with van der Waals surface area (Å²) in [5.74, 6) is 0. The van der Waals surface area contributed by atoms with Crippen molar-refractivity contribution in [2.24, 2.45) is 0 Å². The number of nitrogens with one attached hydrogen (secondary N) is 2. The van der Waals surface area contributed by atoms with E-state index in [0.29, 0.717) is 4.47 Å². The van der Waals surface area contributed by atoms with Gasteiger partial charge in [0.05, 0.1) is 4.90 Å². The molecule has 0 bridgehead atoms. The third-order valence-corrected chi connectivity index (χ3v) is 4.67. The van der Waals surface area contributed by atoms with Gasteiger partial charge in [0.25, 0.3) is 0 Å². The third-order valence-electron chi connectivity index (χ3n) is 2.25. The molecule has 0 radical (unpaired) electrons. The Labute approximate surface area is 108 Å². The van der Waals surface area contributed by atoms with Crippen LogP contribution in [0.4, 0.5) is 0 Å². The summed E-state index contributed by atoms with van der Waals surface area (Å²) in [4.78, 5) is 3.12. The van der Waals surface area contributed by atoms with Crippen LogP contribution in [0.5, 0.6) is 0 Å². The van der Waals surface area contributed by atoms with Crippen LogP contribution in [0.2, 0.25) is 0 Å². The van der Waals surface area contributed by atoms with Gasteiger partial charge in [0.1, 0.15) is 0 Å². The van der Waals surface area contributed by atoms with Gasteiger partial charge < -0.3 is 4.98 Å². The maximum absolute atomic E-state index is 12.0. The molecule has 0 atom stereocenters. The van der Waals surface area contributed by atoms with Crippen molar-refractivity contribution in [1.82, 2.24) is 9.71 Å². The van der Waals surface area contributed by atoms with E-state index in [1.54, 1.807) is 36.7 Å². The molecule has 2 aromatic rings. The molecule has 1 aromatic heterocycles. The molecule has 2 rings (SSSR count). The number of H-pyrrole nitrogens is 1.